The molecule has 1 amide bonds. The van der Waals surface area contributed by atoms with Gasteiger partial charge in [-0.3, -0.25) is 4.79 Å². The van der Waals surface area contributed by atoms with Gasteiger partial charge in [-0.25, -0.2) is 4.68 Å². The molecule has 2 aromatic rings. The number of carbonyl (C=O) groups is 1. The Morgan fingerprint density at radius 2 is 1.91 bits per heavy atom. The first kappa shape index (κ1) is 16.1. The second-order valence-electron chi connectivity index (χ2n) is 5.71. The Kier molecular flexibility index (Phi) is 5.00. The first-order chi connectivity index (χ1) is 11.1. The fourth-order valence-electron chi connectivity index (χ4n) is 2.72. The van der Waals surface area contributed by atoms with Crippen LogP contribution in [0.3, 0.4) is 0 Å². The number of hydrogen-bond acceptors (Lipinski definition) is 3. The predicted molar refractivity (Wildman–Crippen MR) is 91.8 cm³/mol. The standard InChI is InChI=1S/C17H20BrN3O2/c1-13(17(22)20-10-6-3-7-11-20)23-16-15(18)12-21(19-16)14-8-4-2-5-9-14/h2,4-5,8-9,12-13H,3,6-7,10-11H2,1H3/t13-/m0/s1. The Hall–Kier alpha value is -1.82. The van der Waals surface area contributed by atoms with E-state index in [0.29, 0.717) is 5.88 Å². The Morgan fingerprint density at radius 3 is 2.61 bits per heavy atom. The van der Waals surface area contributed by atoms with Gasteiger partial charge in [-0.1, -0.05) is 18.2 Å². The SMILES string of the molecule is C[C@H](Oc1nn(-c2ccccc2)cc1Br)C(=O)N1CCCCC1. The highest BCUT2D eigenvalue weighted by Gasteiger charge is 2.25. The van der Waals surface area contributed by atoms with Gasteiger partial charge >= 0.3 is 0 Å². The molecule has 1 aromatic carbocycles. The number of aromatic nitrogens is 2. The zero-order valence-corrected chi connectivity index (χ0v) is 14.7. The molecule has 1 fully saturated rings. The van der Waals surface area contributed by atoms with E-state index in [1.807, 2.05) is 41.4 Å². The van der Waals surface area contributed by atoms with Gasteiger partial charge in [0, 0.05) is 19.3 Å². The minimum Gasteiger partial charge on any atom is -0.463 e. The molecule has 23 heavy (non-hydrogen) atoms. The summed E-state index contributed by atoms with van der Waals surface area (Å²) >= 11 is 3.45. The molecule has 0 radical (unpaired) electrons. The summed E-state index contributed by atoms with van der Waals surface area (Å²) in [6.07, 6.45) is 4.65. The number of carbonyl (C=O) groups excluding carboxylic acids is 1. The maximum atomic E-state index is 12.4. The van der Waals surface area contributed by atoms with Crippen molar-refractivity contribution in [3.8, 4) is 11.6 Å². The lowest BCUT2D eigenvalue weighted by atomic mass is 10.1. The number of piperidine rings is 1. The predicted octanol–water partition coefficient (Wildman–Crippen LogP) is 3.41. The van der Waals surface area contributed by atoms with Crippen LogP contribution in [0.5, 0.6) is 5.88 Å². The van der Waals surface area contributed by atoms with Crippen molar-refractivity contribution in [2.45, 2.75) is 32.3 Å². The van der Waals surface area contributed by atoms with Crippen molar-refractivity contribution >= 4 is 21.8 Å². The molecule has 2 heterocycles. The van der Waals surface area contributed by atoms with Crippen LogP contribution in [0.25, 0.3) is 5.69 Å². The smallest absolute Gasteiger partial charge is 0.263 e. The first-order valence-corrected chi connectivity index (χ1v) is 8.70. The number of benzene rings is 1. The normalized spacial score (nSPS) is 16.2. The molecule has 1 atom stereocenters. The minimum atomic E-state index is -0.538. The number of rotatable bonds is 4. The van der Waals surface area contributed by atoms with Crippen molar-refractivity contribution in [2.24, 2.45) is 0 Å². The summed E-state index contributed by atoms with van der Waals surface area (Å²) in [5.74, 6) is 0.470. The quantitative estimate of drug-likeness (QED) is 0.819. The van der Waals surface area contributed by atoms with E-state index in [2.05, 4.69) is 21.0 Å². The maximum absolute atomic E-state index is 12.4. The fourth-order valence-corrected chi connectivity index (χ4v) is 3.09. The summed E-state index contributed by atoms with van der Waals surface area (Å²) in [5, 5.41) is 4.42. The number of hydrogen-bond donors (Lipinski definition) is 0. The molecule has 6 heteroatoms. The Morgan fingerprint density at radius 1 is 1.22 bits per heavy atom. The van der Waals surface area contributed by atoms with E-state index in [9.17, 15) is 4.79 Å². The second-order valence-corrected chi connectivity index (χ2v) is 6.56. The Bertz CT molecular complexity index is 666. The topological polar surface area (TPSA) is 47.4 Å². The fraction of sp³-hybridized carbons (Fsp3) is 0.412. The highest BCUT2D eigenvalue weighted by Crippen LogP contribution is 2.26. The molecule has 1 aromatic heterocycles. The Labute approximate surface area is 144 Å². The lowest BCUT2D eigenvalue weighted by molar-refractivity contribution is -0.139. The number of likely N-dealkylation sites (tertiary alicyclic amines) is 1. The van der Waals surface area contributed by atoms with Crippen LogP contribution in [-0.2, 0) is 4.79 Å². The molecule has 1 aliphatic heterocycles. The molecule has 0 spiro atoms. The lowest BCUT2D eigenvalue weighted by Crippen LogP contribution is -2.43. The van der Waals surface area contributed by atoms with Crippen molar-refractivity contribution in [2.75, 3.05) is 13.1 Å². The highest BCUT2D eigenvalue weighted by atomic mass is 79.9. The van der Waals surface area contributed by atoms with E-state index in [-0.39, 0.29) is 5.91 Å². The number of nitrogens with zero attached hydrogens (tertiary/aromatic N) is 3. The molecule has 0 bridgehead atoms. The van der Waals surface area contributed by atoms with Crippen LogP contribution in [0.15, 0.2) is 41.0 Å². The summed E-state index contributed by atoms with van der Waals surface area (Å²) in [6, 6.07) is 9.79. The van der Waals surface area contributed by atoms with Gasteiger partial charge in [-0.2, -0.15) is 0 Å². The van der Waals surface area contributed by atoms with E-state index in [4.69, 9.17) is 4.74 Å². The van der Waals surface area contributed by atoms with Gasteiger partial charge in [0.2, 0.25) is 5.88 Å². The summed E-state index contributed by atoms with van der Waals surface area (Å²) in [7, 11) is 0. The molecule has 0 aliphatic carbocycles. The maximum Gasteiger partial charge on any atom is 0.263 e. The summed E-state index contributed by atoms with van der Waals surface area (Å²) in [6.45, 7) is 3.43. The number of ether oxygens (including phenoxy) is 1. The molecule has 1 saturated heterocycles. The van der Waals surface area contributed by atoms with Crippen LogP contribution in [0.1, 0.15) is 26.2 Å². The van der Waals surface area contributed by atoms with E-state index in [0.717, 1.165) is 36.1 Å². The molecule has 3 rings (SSSR count). The third-order valence-corrected chi connectivity index (χ3v) is 4.51. The summed E-state index contributed by atoms with van der Waals surface area (Å²) in [5.41, 5.74) is 0.943. The molecule has 1 aliphatic rings. The number of halogens is 1. The number of para-hydroxylation sites is 1. The van der Waals surface area contributed by atoms with Crippen LogP contribution >= 0.6 is 15.9 Å². The average Bonchev–Trinajstić information content (AvgIpc) is 2.96. The molecule has 0 N–H and O–H groups in total. The minimum absolute atomic E-state index is 0.0332. The zero-order valence-electron chi connectivity index (χ0n) is 13.1. The van der Waals surface area contributed by atoms with Crippen molar-refractivity contribution in [1.29, 1.82) is 0 Å². The third-order valence-electron chi connectivity index (χ3n) is 3.96. The molecule has 0 saturated carbocycles. The van der Waals surface area contributed by atoms with E-state index in [1.54, 1.807) is 11.6 Å². The molecule has 122 valence electrons. The van der Waals surface area contributed by atoms with E-state index < -0.39 is 6.10 Å². The van der Waals surface area contributed by atoms with Crippen molar-refractivity contribution in [1.82, 2.24) is 14.7 Å². The van der Waals surface area contributed by atoms with E-state index >= 15 is 0 Å². The average molecular weight is 378 g/mol. The van der Waals surface area contributed by atoms with Crippen LogP contribution in [0.4, 0.5) is 0 Å². The van der Waals surface area contributed by atoms with Gasteiger partial charge in [0.25, 0.3) is 5.91 Å². The monoisotopic (exact) mass is 377 g/mol. The molecule has 0 unspecified atom stereocenters. The summed E-state index contributed by atoms with van der Waals surface area (Å²) in [4.78, 5) is 14.3. The van der Waals surface area contributed by atoms with Crippen molar-refractivity contribution in [3.63, 3.8) is 0 Å². The van der Waals surface area contributed by atoms with Crippen LogP contribution in [0.2, 0.25) is 0 Å². The lowest BCUT2D eigenvalue weighted by Gasteiger charge is -2.28. The van der Waals surface area contributed by atoms with Crippen LogP contribution in [0, 0.1) is 0 Å². The largest absolute Gasteiger partial charge is 0.463 e. The Balaban J connectivity index is 1.70. The summed E-state index contributed by atoms with van der Waals surface area (Å²) < 4.78 is 8.26. The van der Waals surface area contributed by atoms with Crippen LogP contribution < -0.4 is 4.74 Å². The second kappa shape index (κ2) is 7.17. The van der Waals surface area contributed by atoms with E-state index in [1.165, 1.54) is 6.42 Å². The molecular formula is C17H20BrN3O2. The third kappa shape index (κ3) is 3.75. The van der Waals surface area contributed by atoms with Gasteiger partial charge in [0.05, 0.1) is 10.2 Å². The van der Waals surface area contributed by atoms with Crippen molar-refractivity contribution in [3.05, 3.63) is 41.0 Å². The first-order valence-electron chi connectivity index (χ1n) is 7.91. The zero-order chi connectivity index (χ0) is 16.2. The van der Waals surface area contributed by atoms with Crippen molar-refractivity contribution < 1.29 is 9.53 Å². The van der Waals surface area contributed by atoms with Crippen LogP contribution in [-0.4, -0.2) is 39.8 Å². The molecular weight excluding hydrogens is 358 g/mol. The number of amides is 1. The van der Waals surface area contributed by atoms with Gasteiger partial charge in [0.15, 0.2) is 6.10 Å². The highest BCUT2D eigenvalue weighted by molar-refractivity contribution is 9.10. The van der Waals surface area contributed by atoms with Gasteiger partial charge in [-0.15, -0.1) is 5.10 Å². The van der Waals surface area contributed by atoms with Gasteiger partial charge < -0.3 is 9.64 Å². The molecule has 5 nitrogen and oxygen atoms in total. The van der Waals surface area contributed by atoms with Gasteiger partial charge in [-0.05, 0) is 54.2 Å². The van der Waals surface area contributed by atoms with Gasteiger partial charge in [0.1, 0.15) is 0 Å².